The summed E-state index contributed by atoms with van der Waals surface area (Å²) in [5, 5.41) is 19.9. The number of hydrogen-bond acceptors (Lipinski definition) is 6. The molecule has 2 heterocycles. The first-order valence-corrected chi connectivity index (χ1v) is 13.8. The van der Waals surface area contributed by atoms with E-state index in [-0.39, 0.29) is 17.6 Å². The molecule has 3 aromatic rings. The van der Waals surface area contributed by atoms with Crippen LogP contribution in [0.25, 0.3) is 0 Å². The molecule has 1 atom stereocenters. The quantitative estimate of drug-likeness (QED) is 0.318. The van der Waals surface area contributed by atoms with Gasteiger partial charge < -0.3 is 16.0 Å². The SMILES string of the molecule is CCc1cccc(NC(=O)CSC2=C(C#N)C(c3ccc(C)s3)C(C(=O)Nc3ccccc3)=C(C)N2)c1. The van der Waals surface area contributed by atoms with Gasteiger partial charge in [-0.1, -0.05) is 49.0 Å². The Morgan fingerprint density at radius 1 is 1.03 bits per heavy atom. The highest BCUT2D eigenvalue weighted by molar-refractivity contribution is 8.03. The number of aryl methyl sites for hydroxylation is 2. The Hall–Kier alpha value is -3.80. The number of nitrogens with one attached hydrogen (secondary N) is 3. The highest BCUT2D eigenvalue weighted by Gasteiger charge is 2.35. The molecule has 0 fully saturated rings. The predicted molar refractivity (Wildman–Crippen MR) is 152 cm³/mol. The Labute approximate surface area is 225 Å². The van der Waals surface area contributed by atoms with Crippen LogP contribution in [0.15, 0.2) is 88.6 Å². The smallest absolute Gasteiger partial charge is 0.254 e. The minimum atomic E-state index is -0.527. The molecule has 2 amide bonds. The number of carbonyl (C=O) groups excluding carboxylic acids is 2. The highest BCUT2D eigenvalue weighted by atomic mass is 32.2. The second-order valence-corrected chi connectivity index (χ2v) is 10.9. The number of thioether (sulfide) groups is 1. The van der Waals surface area contributed by atoms with Crippen LogP contribution < -0.4 is 16.0 Å². The van der Waals surface area contributed by atoms with Crippen molar-refractivity contribution in [2.75, 3.05) is 16.4 Å². The average Bonchev–Trinajstić information content (AvgIpc) is 3.33. The van der Waals surface area contributed by atoms with E-state index in [9.17, 15) is 14.9 Å². The zero-order valence-corrected chi connectivity index (χ0v) is 22.6. The zero-order chi connectivity index (χ0) is 26.4. The van der Waals surface area contributed by atoms with Crippen molar-refractivity contribution in [1.82, 2.24) is 5.32 Å². The van der Waals surface area contributed by atoms with Crippen molar-refractivity contribution in [2.24, 2.45) is 0 Å². The molecule has 188 valence electrons. The molecule has 1 aliphatic rings. The molecule has 1 aliphatic heterocycles. The van der Waals surface area contributed by atoms with Gasteiger partial charge in [-0.2, -0.15) is 5.26 Å². The minimum Gasteiger partial charge on any atom is -0.353 e. The second-order valence-electron chi connectivity index (χ2n) is 8.61. The summed E-state index contributed by atoms with van der Waals surface area (Å²) in [7, 11) is 0. The van der Waals surface area contributed by atoms with Crippen molar-refractivity contribution >= 4 is 46.3 Å². The number of para-hydroxylation sites is 1. The number of carbonyl (C=O) groups is 2. The molecule has 0 aliphatic carbocycles. The van der Waals surface area contributed by atoms with Gasteiger partial charge in [0, 0.05) is 32.4 Å². The van der Waals surface area contributed by atoms with E-state index in [1.807, 2.05) is 80.6 Å². The fourth-order valence-electron chi connectivity index (χ4n) is 4.14. The van der Waals surface area contributed by atoms with Crippen molar-refractivity contribution in [3.8, 4) is 6.07 Å². The number of benzene rings is 2. The first-order valence-electron chi connectivity index (χ1n) is 12.0. The highest BCUT2D eigenvalue weighted by Crippen LogP contribution is 2.43. The van der Waals surface area contributed by atoms with Gasteiger partial charge >= 0.3 is 0 Å². The number of amides is 2. The number of hydrogen-bond donors (Lipinski definition) is 3. The largest absolute Gasteiger partial charge is 0.353 e. The molecule has 0 saturated carbocycles. The Kier molecular flexibility index (Phi) is 8.49. The molecule has 2 aromatic carbocycles. The van der Waals surface area contributed by atoms with Crippen molar-refractivity contribution in [3.05, 3.63) is 104 Å². The predicted octanol–water partition coefficient (Wildman–Crippen LogP) is 6.33. The van der Waals surface area contributed by atoms with Crippen LogP contribution in [0.1, 0.15) is 35.1 Å². The standard InChI is InChI=1S/C29H28N4O2S2/c1-4-20-9-8-12-22(15-20)32-25(34)17-36-29-23(16-30)27(24-14-13-18(2)37-24)26(19(3)31-29)28(35)33-21-10-6-5-7-11-21/h5-15,27,31H,4,17H2,1-3H3,(H,32,34)(H,33,35). The summed E-state index contributed by atoms with van der Waals surface area (Å²) in [6.45, 7) is 5.90. The number of nitrogens with zero attached hydrogens (tertiary/aromatic N) is 1. The topological polar surface area (TPSA) is 94.0 Å². The van der Waals surface area contributed by atoms with Gasteiger partial charge in [0.1, 0.15) is 0 Å². The lowest BCUT2D eigenvalue weighted by atomic mass is 9.86. The van der Waals surface area contributed by atoms with Gasteiger partial charge in [0.2, 0.25) is 5.91 Å². The lowest BCUT2D eigenvalue weighted by molar-refractivity contribution is -0.114. The maximum Gasteiger partial charge on any atom is 0.254 e. The molecule has 8 heteroatoms. The molecule has 37 heavy (non-hydrogen) atoms. The molecule has 6 nitrogen and oxygen atoms in total. The summed E-state index contributed by atoms with van der Waals surface area (Å²) in [5.41, 5.74) is 4.15. The van der Waals surface area contributed by atoms with E-state index < -0.39 is 5.92 Å². The summed E-state index contributed by atoms with van der Waals surface area (Å²) in [5.74, 6) is -0.834. The van der Waals surface area contributed by atoms with Gasteiger partial charge in [0.15, 0.2) is 0 Å². The second kappa shape index (κ2) is 12.0. The van der Waals surface area contributed by atoms with E-state index in [2.05, 4.69) is 28.9 Å². The molecule has 4 rings (SSSR count). The number of dihydropyridines is 1. The first-order chi connectivity index (χ1) is 17.9. The van der Waals surface area contributed by atoms with Crippen LogP contribution in [-0.2, 0) is 16.0 Å². The fourth-order valence-corrected chi connectivity index (χ4v) is 6.03. The van der Waals surface area contributed by atoms with E-state index in [0.29, 0.717) is 27.6 Å². The third-order valence-corrected chi connectivity index (χ3v) is 8.02. The van der Waals surface area contributed by atoms with E-state index in [4.69, 9.17) is 0 Å². The molecular weight excluding hydrogens is 500 g/mol. The maximum absolute atomic E-state index is 13.5. The Morgan fingerprint density at radius 2 is 1.78 bits per heavy atom. The van der Waals surface area contributed by atoms with Crippen LogP contribution >= 0.6 is 23.1 Å². The molecular formula is C29H28N4O2S2. The molecule has 0 saturated heterocycles. The van der Waals surface area contributed by atoms with Crippen molar-refractivity contribution in [3.63, 3.8) is 0 Å². The van der Waals surface area contributed by atoms with Gasteiger partial charge in [0.25, 0.3) is 5.91 Å². The molecule has 1 unspecified atom stereocenters. The summed E-state index contributed by atoms with van der Waals surface area (Å²) in [6.07, 6.45) is 0.885. The van der Waals surface area contributed by atoms with Gasteiger partial charge in [-0.05, 0) is 62.2 Å². The van der Waals surface area contributed by atoms with Crippen LogP contribution in [0.4, 0.5) is 11.4 Å². The average molecular weight is 529 g/mol. The summed E-state index contributed by atoms with van der Waals surface area (Å²) in [6, 6.07) is 23.3. The van der Waals surface area contributed by atoms with E-state index in [0.717, 1.165) is 27.4 Å². The fraction of sp³-hybridized carbons (Fsp3) is 0.207. The van der Waals surface area contributed by atoms with Gasteiger partial charge in [0.05, 0.1) is 28.3 Å². The monoisotopic (exact) mass is 528 g/mol. The maximum atomic E-state index is 13.5. The molecule has 0 bridgehead atoms. The molecule has 0 spiro atoms. The van der Waals surface area contributed by atoms with Crippen LogP contribution in [-0.4, -0.2) is 17.6 Å². The molecule has 0 radical (unpaired) electrons. The van der Waals surface area contributed by atoms with Crippen molar-refractivity contribution < 1.29 is 9.59 Å². The Morgan fingerprint density at radius 3 is 2.46 bits per heavy atom. The van der Waals surface area contributed by atoms with Crippen molar-refractivity contribution in [1.29, 1.82) is 5.26 Å². The normalized spacial score (nSPS) is 15.1. The lowest BCUT2D eigenvalue weighted by Crippen LogP contribution is -2.30. The molecule has 1 aromatic heterocycles. The summed E-state index contributed by atoms with van der Waals surface area (Å²) < 4.78 is 0. The third-order valence-electron chi connectivity index (χ3n) is 5.94. The van der Waals surface area contributed by atoms with Crippen LogP contribution in [0, 0.1) is 18.3 Å². The van der Waals surface area contributed by atoms with E-state index in [1.54, 1.807) is 11.3 Å². The van der Waals surface area contributed by atoms with E-state index in [1.165, 1.54) is 11.8 Å². The van der Waals surface area contributed by atoms with Gasteiger partial charge in [-0.25, -0.2) is 0 Å². The number of rotatable bonds is 8. The first kappa shape index (κ1) is 26.3. The number of thiophene rings is 1. The van der Waals surface area contributed by atoms with Gasteiger partial charge in [-0.15, -0.1) is 11.3 Å². The van der Waals surface area contributed by atoms with Crippen LogP contribution in [0.5, 0.6) is 0 Å². The lowest BCUT2D eigenvalue weighted by Gasteiger charge is -2.29. The Bertz CT molecular complexity index is 1420. The third kappa shape index (κ3) is 6.31. The van der Waals surface area contributed by atoms with Crippen LogP contribution in [0.3, 0.4) is 0 Å². The summed E-state index contributed by atoms with van der Waals surface area (Å²) in [4.78, 5) is 28.2. The number of anilines is 2. The molecule has 3 N–H and O–H groups in total. The number of nitriles is 1. The van der Waals surface area contributed by atoms with Crippen molar-refractivity contribution in [2.45, 2.75) is 33.1 Å². The van der Waals surface area contributed by atoms with E-state index >= 15 is 0 Å². The number of allylic oxidation sites excluding steroid dienone is 2. The van der Waals surface area contributed by atoms with Crippen LogP contribution in [0.2, 0.25) is 0 Å². The zero-order valence-electron chi connectivity index (χ0n) is 20.9. The Balaban J connectivity index is 1.59. The minimum absolute atomic E-state index is 0.124. The summed E-state index contributed by atoms with van der Waals surface area (Å²) >= 11 is 2.83. The van der Waals surface area contributed by atoms with Gasteiger partial charge in [-0.3, -0.25) is 9.59 Å².